The summed E-state index contributed by atoms with van der Waals surface area (Å²) in [5.41, 5.74) is 0.757. The molecule has 1 aromatic carbocycles. The number of benzene rings is 1. The number of halogens is 2. The fourth-order valence-corrected chi connectivity index (χ4v) is 1.40. The minimum absolute atomic E-state index is 0.274. The van der Waals surface area contributed by atoms with E-state index in [1.54, 1.807) is 12.1 Å². The Bertz CT molecular complexity index is 357. The normalized spacial score (nSPS) is 9.80. The Morgan fingerprint density at radius 3 is 2.93 bits per heavy atom. The fraction of sp³-hybridized carbons (Fsp3) is 0.300. The maximum absolute atomic E-state index is 12.9. The molecule has 15 heavy (non-hydrogen) atoms. The van der Waals surface area contributed by atoms with E-state index in [2.05, 4.69) is 26.0 Å². The number of carbonyl (C=O) groups excluding carboxylic acids is 1. The summed E-state index contributed by atoms with van der Waals surface area (Å²) in [4.78, 5) is 10.8. The molecule has 0 amide bonds. The number of nitrogens with one attached hydrogen (secondary N) is 1. The second-order valence-electron chi connectivity index (χ2n) is 2.88. The highest BCUT2D eigenvalue weighted by molar-refractivity contribution is 9.10. The van der Waals surface area contributed by atoms with Crippen molar-refractivity contribution in [2.75, 3.05) is 19.0 Å². The van der Waals surface area contributed by atoms with Gasteiger partial charge in [0.2, 0.25) is 0 Å². The monoisotopic (exact) mass is 275 g/mol. The zero-order chi connectivity index (χ0) is 11.3. The molecule has 0 saturated carbocycles. The smallest absolute Gasteiger partial charge is 0.307 e. The molecule has 0 atom stereocenters. The van der Waals surface area contributed by atoms with Gasteiger partial charge in [0.1, 0.15) is 5.82 Å². The molecule has 0 heterocycles. The van der Waals surface area contributed by atoms with Gasteiger partial charge in [0.05, 0.1) is 18.0 Å². The van der Waals surface area contributed by atoms with Crippen LogP contribution < -0.4 is 5.32 Å². The second kappa shape index (κ2) is 5.70. The zero-order valence-corrected chi connectivity index (χ0v) is 9.80. The largest absolute Gasteiger partial charge is 0.469 e. The molecule has 0 fully saturated rings. The van der Waals surface area contributed by atoms with Crippen LogP contribution in [0.2, 0.25) is 0 Å². The maximum atomic E-state index is 12.9. The van der Waals surface area contributed by atoms with E-state index in [0.29, 0.717) is 11.0 Å². The summed E-state index contributed by atoms with van der Waals surface area (Å²) in [5.74, 6) is -0.586. The Morgan fingerprint density at radius 2 is 2.33 bits per heavy atom. The number of hydrogen-bond donors (Lipinski definition) is 1. The van der Waals surface area contributed by atoms with E-state index in [0.717, 1.165) is 5.69 Å². The molecule has 0 saturated heterocycles. The van der Waals surface area contributed by atoms with Crippen LogP contribution >= 0.6 is 15.9 Å². The first-order chi connectivity index (χ1) is 7.13. The molecule has 0 unspecified atom stereocenters. The van der Waals surface area contributed by atoms with Crippen LogP contribution in [-0.2, 0) is 9.53 Å². The predicted octanol–water partition coefficient (Wildman–Crippen LogP) is 2.56. The number of anilines is 1. The fourth-order valence-electron chi connectivity index (χ4n) is 1.02. The van der Waals surface area contributed by atoms with E-state index in [9.17, 15) is 9.18 Å². The lowest BCUT2D eigenvalue weighted by atomic mass is 10.3. The van der Waals surface area contributed by atoms with Crippen molar-refractivity contribution in [2.45, 2.75) is 6.42 Å². The molecule has 0 spiro atoms. The standard InChI is InChI=1S/C10H11BrFNO2/c1-15-10(14)4-5-13-7-2-3-9(12)8(11)6-7/h2-3,6,13H,4-5H2,1H3. The molecular formula is C10H11BrFNO2. The lowest BCUT2D eigenvalue weighted by Gasteiger charge is -2.06. The summed E-state index contributed by atoms with van der Waals surface area (Å²) in [6.07, 6.45) is 0.283. The third kappa shape index (κ3) is 3.87. The van der Waals surface area contributed by atoms with Gasteiger partial charge in [0.25, 0.3) is 0 Å². The molecule has 5 heteroatoms. The molecule has 82 valence electrons. The van der Waals surface area contributed by atoms with Crippen LogP contribution in [0.25, 0.3) is 0 Å². The van der Waals surface area contributed by atoms with Crippen LogP contribution in [0.1, 0.15) is 6.42 Å². The Balaban J connectivity index is 2.44. The topological polar surface area (TPSA) is 38.3 Å². The summed E-state index contributed by atoms with van der Waals surface area (Å²) >= 11 is 3.07. The van der Waals surface area contributed by atoms with Gasteiger partial charge in [0.15, 0.2) is 0 Å². The minimum Gasteiger partial charge on any atom is -0.469 e. The average Bonchev–Trinajstić information content (AvgIpc) is 2.23. The molecule has 1 aromatic rings. The quantitative estimate of drug-likeness (QED) is 0.859. The van der Waals surface area contributed by atoms with Crippen molar-refractivity contribution < 1.29 is 13.9 Å². The van der Waals surface area contributed by atoms with Crippen molar-refractivity contribution >= 4 is 27.6 Å². The number of ether oxygens (including phenoxy) is 1. The van der Waals surface area contributed by atoms with Gasteiger partial charge in [-0.3, -0.25) is 4.79 Å². The van der Waals surface area contributed by atoms with Gasteiger partial charge in [0, 0.05) is 12.2 Å². The first-order valence-electron chi connectivity index (χ1n) is 4.39. The van der Waals surface area contributed by atoms with Crippen LogP contribution in [0.4, 0.5) is 10.1 Å². The third-order valence-corrected chi connectivity index (χ3v) is 2.41. The van der Waals surface area contributed by atoms with Crippen LogP contribution in [-0.4, -0.2) is 19.6 Å². The lowest BCUT2D eigenvalue weighted by Crippen LogP contribution is -2.09. The number of methoxy groups -OCH3 is 1. The molecule has 3 nitrogen and oxygen atoms in total. The first kappa shape index (κ1) is 12.0. The van der Waals surface area contributed by atoms with Gasteiger partial charge in [-0.15, -0.1) is 0 Å². The van der Waals surface area contributed by atoms with Crippen LogP contribution in [0.15, 0.2) is 22.7 Å². The van der Waals surface area contributed by atoms with Crippen LogP contribution in [0, 0.1) is 5.82 Å². The van der Waals surface area contributed by atoms with Gasteiger partial charge in [-0.25, -0.2) is 4.39 Å². The van der Waals surface area contributed by atoms with Crippen molar-refractivity contribution in [1.82, 2.24) is 0 Å². The summed E-state index contributed by atoms with van der Waals surface area (Å²) in [5, 5.41) is 2.98. The molecule has 0 aliphatic carbocycles. The summed E-state index contributed by atoms with van der Waals surface area (Å²) in [7, 11) is 1.34. The van der Waals surface area contributed by atoms with Crippen molar-refractivity contribution in [3.63, 3.8) is 0 Å². The SMILES string of the molecule is COC(=O)CCNc1ccc(F)c(Br)c1. The minimum atomic E-state index is -0.312. The van der Waals surface area contributed by atoms with Gasteiger partial charge in [-0.2, -0.15) is 0 Å². The highest BCUT2D eigenvalue weighted by atomic mass is 79.9. The van der Waals surface area contributed by atoms with Crippen LogP contribution in [0.5, 0.6) is 0 Å². The molecule has 1 rings (SSSR count). The molecule has 0 aromatic heterocycles. The molecular weight excluding hydrogens is 265 g/mol. The van der Waals surface area contributed by atoms with Gasteiger partial charge < -0.3 is 10.1 Å². The van der Waals surface area contributed by atoms with E-state index in [4.69, 9.17) is 0 Å². The lowest BCUT2D eigenvalue weighted by molar-refractivity contribution is -0.140. The van der Waals surface area contributed by atoms with E-state index < -0.39 is 0 Å². The van der Waals surface area contributed by atoms with Gasteiger partial charge in [-0.05, 0) is 34.1 Å². The Labute approximate surface area is 95.7 Å². The Morgan fingerprint density at radius 1 is 1.60 bits per heavy atom. The van der Waals surface area contributed by atoms with E-state index in [1.807, 2.05) is 0 Å². The van der Waals surface area contributed by atoms with Crippen molar-refractivity contribution in [1.29, 1.82) is 0 Å². The van der Waals surface area contributed by atoms with Gasteiger partial charge >= 0.3 is 5.97 Å². The highest BCUT2D eigenvalue weighted by Gasteiger charge is 2.02. The second-order valence-corrected chi connectivity index (χ2v) is 3.74. The summed E-state index contributed by atoms with van der Waals surface area (Å²) in [6.45, 7) is 0.463. The number of esters is 1. The number of hydrogen-bond acceptors (Lipinski definition) is 3. The number of rotatable bonds is 4. The molecule has 1 N–H and O–H groups in total. The Kier molecular flexibility index (Phi) is 4.55. The molecule has 0 radical (unpaired) electrons. The molecule has 0 aliphatic rings. The van der Waals surface area contributed by atoms with E-state index >= 15 is 0 Å². The van der Waals surface area contributed by atoms with E-state index in [-0.39, 0.29) is 18.2 Å². The highest BCUT2D eigenvalue weighted by Crippen LogP contribution is 2.19. The van der Waals surface area contributed by atoms with Gasteiger partial charge in [-0.1, -0.05) is 0 Å². The average molecular weight is 276 g/mol. The predicted molar refractivity (Wildman–Crippen MR) is 59.2 cm³/mol. The van der Waals surface area contributed by atoms with Crippen molar-refractivity contribution in [3.8, 4) is 0 Å². The maximum Gasteiger partial charge on any atom is 0.307 e. The Hall–Kier alpha value is -1.10. The molecule has 0 bridgehead atoms. The van der Waals surface area contributed by atoms with Crippen molar-refractivity contribution in [2.24, 2.45) is 0 Å². The summed E-state index contributed by atoms with van der Waals surface area (Å²) < 4.78 is 17.7. The number of carbonyl (C=O) groups is 1. The van der Waals surface area contributed by atoms with Crippen LogP contribution in [0.3, 0.4) is 0 Å². The van der Waals surface area contributed by atoms with E-state index in [1.165, 1.54) is 13.2 Å². The molecule has 0 aliphatic heterocycles. The van der Waals surface area contributed by atoms with Crippen molar-refractivity contribution in [3.05, 3.63) is 28.5 Å². The zero-order valence-electron chi connectivity index (χ0n) is 8.22. The third-order valence-electron chi connectivity index (χ3n) is 1.81. The first-order valence-corrected chi connectivity index (χ1v) is 5.18. The summed E-state index contributed by atoms with van der Waals surface area (Å²) in [6, 6.07) is 4.58.